The van der Waals surface area contributed by atoms with Gasteiger partial charge in [-0.1, -0.05) is 0 Å². The molecule has 24 nitrogen and oxygen atoms in total. The molecule has 2 aliphatic carbocycles. The molecule has 8 N–H and O–H groups in total. The fourth-order valence-corrected chi connectivity index (χ4v) is 8.47. The van der Waals surface area contributed by atoms with E-state index >= 15 is 0 Å². The minimum absolute atomic E-state index is 0.0405. The van der Waals surface area contributed by atoms with Crippen LogP contribution in [0.5, 0.6) is 0 Å². The second-order valence-electron chi connectivity index (χ2n) is 18.8. The van der Waals surface area contributed by atoms with E-state index in [0.29, 0.717) is 39.1 Å². The van der Waals surface area contributed by atoms with Crippen LogP contribution in [-0.2, 0) is 38.2 Å². The number of halogens is 2. The van der Waals surface area contributed by atoms with Crippen molar-refractivity contribution < 1.29 is 76.7 Å². The van der Waals surface area contributed by atoms with E-state index in [1.54, 1.807) is 38.2 Å². The summed E-state index contributed by atoms with van der Waals surface area (Å²) < 4.78 is 41.1. The monoisotopic (exact) mass is 1100 g/mol. The second kappa shape index (κ2) is 30.6. The molecule has 0 bridgehead atoms. The summed E-state index contributed by atoms with van der Waals surface area (Å²) in [5, 5.41) is 44.0. The van der Waals surface area contributed by atoms with E-state index in [0.717, 1.165) is 44.2 Å². The Balaban J connectivity index is 0.000000218. The topological polar surface area (TPSA) is 326 Å². The third kappa shape index (κ3) is 18.5. The number of carbonyl (C=O) groups is 8. The normalized spacial score (nSPS) is 16.7. The largest absolute Gasteiger partial charge is 0.466 e. The van der Waals surface area contributed by atoms with E-state index in [-0.39, 0.29) is 83.4 Å². The Morgan fingerprint density at radius 3 is 1.34 bits per heavy atom. The summed E-state index contributed by atoms with van der Waals surface area (Å²) in [7, 11) is 0.255. The molecule has 2 saturated heterocycles. The maximum absolute atomic E-state index is 14.5. The molecule has 4 unspecified atom stereocenters. The number of aromatic nitrogens is 4. The van der Waals surface area contributed by atoms with Gasteiger partial charge in [0.15, 0.2) is 0 Å². The van der Waals surface area contributed by atoms with E-state index in [1.807, 2.05) is 0 Å². The van der Waals surface area contributed by atoms with Crippen LogP contribution >= 0.6 is 0 Å². The number of esters is 2. The fraction of sp³-hybridized carbons (Fsp3) is 0.490. The van der Waals surface area contributed by atoms with Crippen molar-refractivity contribution in [1.29, 1.82) is 0 Å². The zero-order valence-electron chi connectivity index (χ0n) is 44.5. The highest BCUT2D eigenvalue weighted by atomic mass is 19.1. The van der Waals surface area contributed by atoms with Crippen molar-refractivity contribution in [3.8, 4) is 11.4 Å². The van der Waals surface area contributed by atoms with Crippen LogP contribution in [0.15, 0.2) is 73.8 Å². The summed E-state index contributed by atoms with van der Waals surface area (Å²) in [6.07, 6.45) is 14.7. The van der Waals surface area contributed by atoms with Crippen LogP contribution in [0, 0.1) is 23.5 Å². The van der Waals surface area contributed by atoms with Gasteiger partial charge < -0.3 is 69.8 Å². The lowest BCUT2D eigenvalue weighted by Gasteiger charge is -2.41. The van der Waals surface area contributed by atoms with Crippen LogP contribution in [0.1, 0.15) is 92.4 Å². The third-order valence-electron chi connectivity index (χ3n) is 13.0. The van der Waals surface area contributed by atoms with Crippen molar-refractivity contribution in [3.63, 3.8) is 0 Å². The average Bonchev–Trinajstić information content (AvgIpc) is 4.36. The van der Waals surface area contributed by atoms with Crippen LogP contribution in [0.25, 0.3) is 11.4 Å². The minimum Gasteiger partial charge on any atom is -0.466 e. The van der Waals surface area contributed by atoms with Crippen molar-refractivity contribution in [1.82, 2.24) is 50.2 Å². The highest BCUT2D eigenvalue weighted by molar-refractivity contribution is 6.41. The Labute approximate surface area is 455 Å². The van der Waals surface area contributed by atoms with Gasteiger partial charge in [0.25, 0.3) is 11.8 Å². The number of nitrogens with one attached hydrogen (secondary N) is 4. The summed E-state index contributed by atoms with van der Waals surface area (Å²) in [6, 6.07) is 5.93. The molecule has 79 heavy (non-hydrogen) atoms. The molecule has 4 aliphatic rings. The number of rotatable bonds is 20. The fourth-order valence-electron chi connectivity index (χ4n) is 8.47. The van der Waals surface area contributed by atoms with Crippen LogP contribution in [0.2, 0.25) is 12.6 Å². The Bertz CT molecular complexity index is 2670. The molecule has 426 valence electrons. The van der Waals surface area contributed by atoms with Gasteiger partial charge in [-0.2, -0.15) is 0 Å². The molecule has 2 aliphatic heterocycles. The molecule has 2 aromatic carbocycles. The summed E-state index contributed by atoms with van der Waals surface area (Å²) in [4.78, 5) is 107. The van der Waals surface area contributed by atoms with Gasteiger partial charge in [-0.25, -0.2) is 18.7 Å². The van der Waals surface area contributed by atoms with Gasteiger partial charge >= 0.3 is 26.2 Å². The van der Waals surface area contributed by atoms with Crippen molar-refractivity contribution in [3.05, 3.63) is 96.6 Å². The van der Waals surface area contributed by atoms with Crippen LogP contribution in [0.4, 0.5) is 8.78 Å². The van der Waals surface area contributed by atoms with Gasteiger partial charge in [0, 0.05) is 75.9 Å². The molecular weight excluding hydrogens is 1040 g/mol. The van der Waals surface area contributed by atoms with Crippen molar-refractivity contribution in [2.24, 2.45) is 11.8 Å². The molecule has 2 saturated carbocycles. The first-order chi connectivity index (χ1) is 37.8. The Morgan fingerprint density at radius 2 is 1.03 bits per heavy atom. The van der Waals surface area contributed by atoms with Crippen molar-refractivity contribution >= 4 is 61.6 Å². The summed E-state index contributed by atoms with van der Waals surface area (Å²) in [5.41, 5.74) is 0.836. The predicted molar refractivity (Wildman–Crippen MR) is 280 cm³/mol. The molecule has 4 atom stereocenters. The minimum atomic E-state index is -1.41. The van der Waals surface area contributed by atoms with Gasteiger partial charge in [-0.05, 0) is 120 Å². The zero-order chi connectivity index (χ0) is 57.8. The number of carbonyl (C=O) groups excluding carboxylic acids is 8. The standard InChI is InChI=1S/C21H24FN5O3.C20H22FN5O3.2C5H11BO4/c1-23-20(29)17-3-2-9-27(17)21(30)18(13-4-5-13)25-19(28)14-6-7-16(15(22)11-14)26-10-8-24-12-26;1-22-19(28)16-6-8-26(16)20(29)17(12-2-3-12)24-18(27)13-4-5-15(14(21)10-13)25-9-7-23-11-25;2*1-2-10-5(7)3-4-6(8)9/h6-8,10-13,17-18H,2-5,9H2,1H3,(H,23,29)(H,25,28);4-5,7,9-12,16-17H,2-3,6,8H2,1H3,(H,22,28)(H,24,27);2*8-9H,2-4H2,1H3. The van der Waals surface area contributed by atoms with E-state index in [1.165, 1.54) is 70.4 Å². The van der Waals surface area contributed by atoms with E-state index < -0.39 is 73.8 Å². The average molecular weight is 1100 g/mol. The van der Waals surface area contributed by atoms with E-state index in [9.17, 15) is 47.1 Å². The molecule has 0 radical (unpaired) electrons. The number of likely N-dealkylation sites (tertiary alicyclic amines) is 2. The lowest BCUT2D eigenvalue weighted by atomic mass is 9.85. The van der Waals surface area contributed by atoms with Crippen LogP contribution < -0.4 is 21.3 Å². The maximum atomic E-state index is 14.5. The number of nitrogens with zero attached hydrogens (tertiary/aromatic N) is 6. The molecule has 28 heteroatoms. The number of likely N-dealkylation sites (N-methyl/N-ethyl adjacent to an activating group) is 2. The molecule has 4 fully saturated rings. The molecule has 8 rings (SSSR count). The van der Waals surface area contributed by atoms with Gasteiger partial charge in [-0.3, -0.25) is 38.4 Å². The highest BCUT2D eigenvalue weighted by Gasteiger charge is 2.46. The zero-order valence-corrected chi connectivity index (χ0v) is 44.5. The molecular formula is C51H68B2F2N10O14. The van der Waals surface area contributed by atoms with Gasteiger partial charge in [0.1, 0.15) is 35.8 Å². The first-order valence-electron chi connectivity index (χ1n) is 26.1. The summed E-state index contributed by atoms with van der Waals surface area (Å²) >= 11 is 0. The Hall–Kier alpha value is -7.55. The van der Waals surface area contributed by atoms with Crippen LogP contribution in [0.3, 0.4) is 0 Å². The summed E-state index contributed by atoms with van der Waals surface area (Å²) in [5.74, 6) is -3.73. The third-order valence-corrected chi connectivity index (χ3v) is 13.0. The van der Waals surface area contributed by atoms with Crippen molar-refractivity contribution in [2.75, 3.05) is 40.4 Å². The predicted octanol–water partition coefficient (Wildman–Crippen LogP) is 0.948. The maximum Gasteiger partial charge on any atom is 0.451 e. The first kappa shape index (κ1) is 62.3. The number of hydrogen-bond donors (Lipinski definition) is 8. The smallest absolute Gasteiger partial charge is 0.451 e. The SMILES string of the molecule is CCOC(=O)CCB(O)O.CCOC(=O)CCB(O)O.CNC(=O)C1CCCN1C(=O)C(NC(=O)c1ccc(-n2ccnc2)c(F)c1)C1CC1.CNC(=O)C1CCN1C(=O)C(NC(=O)c1ccc(-n2ccnc2)c(F)c1)C1CC1. The van der Waals surface area contributed by atoms with Crippen LogP contribution in [-0.4, -0.2) is 175 Å². The Morgan fingerprint density at radius 1 is 0.620 bits per heavy atom. The quantitative estimate of drug-likeness (QED) is 0.0451. The Kier molecular flexibility index (Phi) is 24.1. The van der Waals surface area contributed by atoms with Gasteiger partial charge in [0.2, 0.25) is 23.6 Å². The second-order valence-corrected chi connectivity index (χ2v) is 18.8. The molecule has 0 spiro atoms. The molecule has 2 aromatic heterocycles. The number of imidazole rings is 2. The number of hydrogen-bond acceptors (Lipinski definition) is 16. The lowest BCUT2D eigenvalue weighted by molar-refractivity contribution is -0.149. The van der Waals surface area contributed by atoms with Crippen molar-refractivity contribution in [2.45, 2.75) is 108 Å². The highest BCUT2D eigenvalue weighted by Crippen LogP contribution is 2.36. The van der Waals surface area contributed by atoms with E-state index in [2.05, 4.69) is 40.7 Å². The number of ether oxygens (including phenoxy) is 2. The van der Waals surface area contributed by atoms with E-state index in [4.69, 9.17) is 20.1 Å². The summed E-state index contributed by atoms with van der Waals surface area (Å²) in [6.45, 7) is 5.05. The van der Waals surface area contributed by atoms with Gasteiger partial charge in [0.05, 0.1) is 37.2 Å². The number of benzene rings is 2. The lowest BCUT2D eigenvalue weighted by Crippen LogP contribution is -2.62. The number of amides is 6. The van der Waals surface area contributed by atoms with Gasteiger partial charge in [-0.15, -0.1) is 0 Å². The first-order valence-corrected chi connectivity index (χ1v) is 26.1. The molecule has 4 aromatic rings. The molecule has 6 amide bonds. The molecule has 4 heterocycles.